The first-order valence-electron chi connectivity index (χ1n) is 4.81. The van der Waals surface area contributed by atoms with E-state index < -0.39 is 0 Å². The van der Waals surface area contributed by atoms with Crippen LogP contribution < -0.4 is 22.1 Å². The SMILES string of the molecule is CN(C)c1ccc(Cl)cc1N=C(N)N=C(N)N. The van der Waals surface area contributed by atoms with Crippen LogP contribution in [0.15, 0.2) is 28.2 Å². The third kappa shape index (κ3) is 3.84. The zero-order valence-electron chi connectivity index (χ0n) is 9.68. The van der Waals surface area contributed by atoms with Crippen molar-refractivity contribution < 1.29 is 0 Å². The second-order valence-electron chi connectivity index (χ2n) is 3.53. The molecule has 0 saturated carbocycles. The molecular weight excluding hydrogens is 240 g/mol. The van der Waals surface area contributed by atoms with Gasteiger partial charge in [0.25, 0.3) is 0 Å². The predicted molar refractivity (Wildman–Crippen MR) is 72.9 cm³/mol. The summed E-state index contributed by atoms with van der Waals surface area (Å²) in [5.41, 5.74) is 17.4. The van der Waals surface area contributed by atoms with Gasteiger partial charge in [-0.2, -0.15) is 4.99 Å². The molecule has 1 rings (SSSR count). The maximum absolute atomic E-state index is 5.90. The van der Waals surface area contributed by atoms with Crippen molar-refractivity contribution in [1.29, 1.82) is 0 Å². The van der Waals surface area contributed by atoms with Gasteiger partial charge in [-0.25, -0.2) is 4.99 Å². The lowest BCUT2D eigenvalue weighted by molar-refractivity contribution is 1.13. The van der Waals surface area contributed by atoms with Gasteiger partial charge in [0.2, 0.25) is 5.96 Å². The van der Waals surface area contributed by atoms with E-state index in [4.69, 9.17) is 28.8 Å². The van der Waals surface area contributed by atoms with Gasteiger partial charge in [-0.05, 0) is 18.2 Å². The number of hydrogen-bond donors (Lipinski definition) is 3. The molecule has 0 atom stereocenters. The second kappa shape index (κ2) is 5.40. The van der Waals surface area contributed by atoms with Gasteiger partial charge in [0, 0.05) is 19.1 Å². The van der Waals surface area contributed by atoms with Gasteiger partial charge in [-0.15, -0.1) is 0 Å². The average molecular weight is 255 g/mol. The molecule has 0 aromatic heterocycles. The van der Waals surface area contributed by atoms with Crippen LogP contribution in [0.1, 0.15) is 0 Å². The van der Waals surface area contributed by atoms with E-state index in [-0.39, 0.29) is 11.9 Å². The van der Waals surface area contributed by atoms with Gasteiger partial charge in [0.15, 0.2) is 5.96 Å². The summed E-state index contributed by atoms with van der Waals surface area (Å²) in [7, 11) is 3.78. The Kier molecular flexibility index (Phi) is 4.17. The minimum Gasteiger partial charge on any atom is -0.376 e. The fourth-order valence-electron chi connectivity index (χ4n) is 1.24. The van der Waals surface area contributed by atoms with Crippen LogP contribution >= 0.6 is 11.6 Å². The molecule has 0 aliphatic heterocycles. The molecule has 0 fully saturated rings. The Balaban J connectivity index is 3.20. The van der Waals surface area contributed by atoms with E-state index in [1.165, 1.54) is 0 Å². The zero-order chi connectivity index (χ0) is 13.0. The molecule has 1 aromatic carbocycles. The third-order valence-corrected chi connectivity index (χ3v) is 2.13. The van der Waals surface area contributed by atoms with Crippen LogP contribution in [0.25, 0.3) is 0 Å². The number of anilines is 1. The topological polar surface area (TPSA) is 106 Å². The smallest absolute Gasteiger partial charge is 0.223 e. The molecule has 6 nitrogen and oxygen atoms in total. The highest BCUT2D eigenvalue weighted by Crippen LogP contribution is 2.30. The van der Waals surface area contributed by atoms with Gasteiger partial charge in [0.1, 0.15) is 0 Å². The lowest BCUT2D eigenvalue weighted by atomic mass is 10.2. The van der Waals surface area contributed by atoms with Crippen molar-refractivity contribution in [2.24, 2.45) is 27.2 Å². The number of benzene rings is 1. The van der Waals surface area contributed by atoms with Gasteiger partial charge < -0.3 is 22.1 Å². The molecule has 6 N–H and O–H groups in total. The summed E-state index contributed by atoms with van der Waals surface area (Å²) >= 11 is 5.90. The van der Waals surface area contributed by atoms with Crippen molar-refractivity contribution in [3.8, 4) is 0 Å². The number of nitrogens with two attached hydrogens (primary N) is 3. The number of halogens is 1. The molecule has 0 unspecified atom stereocenters. The average Bonchev–Trinajstić information content (AvgIpc) is 2.15. The van der Waals surface area contributed by atoms with Crippen molar-refractivity contribution >= 4 is 34.9 Å². The number of aliphatic imine (C=N–C) groups is 2. The molecule has 0 aliphatic carbocycles. The van der Waals surface area contributed by atoms with Crippen molar-refractivity contribution in [2.75, 3.05) is 19.0 Å². The van der Waals surface area contributed by atoms with Crippen molar-refractivity contribution in [3.05, 3.63) is 23.2 Å². The Bertz CT molecular complexity index is 462. The highest BCUT2D eigenvalue weighted by atomic mass is 35.5. The van der Waals surface area contributed by atoms with Gasteiger partial charge >= 0.3 is 0 Å². The van der Waals surface area contributed by atoms with Crippen LogP contribution in [0.2, 0.25) is 5.02 Å². The molecule has 0 spiro atoms. The summed E-state index contributed by atoms with van der Waals surface area (Å²) in [5.74, 6) is -0.157. The maximum atomic E-state index is 5.90. The number of nitrogens with zero attached hydrogens (tertiary/aromatic N) is 3. The minimum absolute atomic E-state index is 0.0182. The molecule has 7 heteroatoms. The van der Waals surface area contributed by atoms with Crippen LogP contribution in [0, 0.1) is 0 Å². The normalized spacial score (nSPS) is 11.1. The van der Waals surface area contributed by atoms with E-state index in [9.17, 15) is 0 Å². The van der Waals surface area contributed by atoms with Crippen LogP contribution in [-0.4, -0.2) is 26.0 Å². The van der Waals surface area contributed by atoms with E-state index in [1.807, 2.05) is 25.1 Å². The molecule has 0 amide bonds. The molecule has 0 radical (unpaired) electrons. The standard InChI is InChI=1S/C10H15ClN6/c1-17(2)8-4-3-6(11)5-7(8)15-10(14)16-9(12)13/h3-5H,1-2H3,(H6,12,13,14,15,16). The maximum Gasteiger partial charge on any atom is 0.223 e. The molecule has 0 aliphatic rings. The fraction of sp³-hybridized carbons (Fsp3) is 0.200. The van der Waals surface area contributed by atoms with Crippen molar-refractivity contribution in [1.82, 2.24) is 0 Å². The summed E-state index contributed by atoms with van der Waals surface area (Å²) in [6.07, 6.45) is 0. The van der Waals surface area contributed by atoms with Gasteiger partial charge in [-0.1, -0.05) is 11.6 Å². The Hall–Kier alpha value is -1.95. The molecule has 17 heavy (non-hydrogen) atoms. The summed E-state index contributed by atoms with van der Waals surface area (Å²) in [6.45, 7) is 0. The Morgan fingerprint density at radius 2 is 1.88 bits per heavy atom. The fourth-order valence-corrected chi connectivity index (χ4v) is 1.41. The third-order valence-electron chi connectivity index (χ3n) is 1.90. The van der Waals surface area contributed by atoms with Crippen LogP contribution in [0.5, 0.6) is 0 Å². The molecule has 0 bridgehead atoms. The number of rotatable bonds is 2. The lowest BCUT2D eigenvalue weighted by Gasteiger charge is -2.15. The largest absolute Gasteiger partial charge is 0.376 e. The zero-order valence-corrected chi connectivity index (χ0v) is 10.4. The van der Waals surface area contributed by atoms with Gasteiger partial charge in [-0.3, -0.25) is 0 Å². The first-order chi connectivity index (χ1) is 7.90. The molecule has 1 aromatic rings. The lowest BCUT2D eigenvalue weighted by Crippen LogP contribution is -2.26. The molecule has 92 valence electrons. The van der Waals surface area contributed by atoms with Gasteiger partial charge in [0.05, 0.1) is 11.4 Å². The van der Waals surface area contributed by atoms with E-state index in [2.05, 4.69) is 9.98 Å². The first-order valence-corrected chi connectivity index (χ1v) is 5.18. The molecule has 0 heterocycles. The minimum atomic E-state index is -0.139. The summed E-state index contributed by atoms with van der Waals surface area (Å²) < 4.78 is 0. The van der Waals surface area contributed by atoms with E-state index >= 15 is 0 Å². The summed E-state index contributed by atoms with van der Waals surface area (Å²) in [4.78, 5) is 9.63. The predicted octanol–water partition coefficient (Wildman–Crippen LogP) is 0.626. The van der Waals surface area contributed by atoms with Crippen LogP contribution in [0.4, 0.5) is 11.4 Å². The number of hydrogen-bond acceptors (Lipinski definition) is 2. The van der Waals surface area contributed by atoms with E-state index in [1.54, 1.807) is 12.1 Å². The van der Waals surface area contributed by atoms with E-state index in [0.29, 0.717) is 10.7 Å². The van der Waals surface area contributed by atoms with Crippen LogP contribution in [0.3, 0.4) is 0 Å². The highest BCUT2D eigenvalue weighted by Gasteiger charge is 2.05. The highest BCUT2D eigenvalue weighted by molar-refractivity contribution is 6.31. The Labute approximate surface area is 105 Å². The monoisotopic (exact) mass is 254 g/mol. The van der Waals surface area contributed by atoms with Crippen molar-refractivity contribution in [3.63, 3.8) is 0 Å². The molecule has 0 saturated heterocycles. The summed E-state index contributed by atoms with van der Waals surface area (Å²) in [5, 5.41) is 0.562. The molecular formula is C10H15ClN6. The first kappa shape index (κ1) is 13.1. The number of guanidine groups is 2. The van der Waals surface area contributed by atoms with E-state index in [0.717, 1.165) is 5.69 Å². The quantitative estimate of drug-likeness (QED) is 0.531. The van der Waals surface area contributed by atoms with Crippen LogP contribution in [-0.2, 0) is 0 Å². The Morgan fingerprint density at radius 3 is 2.41 bits per heavy atom. The van der Waals surface area contributed by atoms with Crippen molar-refractivity contribution in [2.45, 2.75) is 0 Å². The second-order valence-corrected chi connectivity index (χ2v) is 3.97. The Morgan fingerprint density at radius 1 is 1.24 bits per heavy atom. The summed E-state index contributed by atoms with van der Waals surface area (Å²) in [6, 6.07) is 5.29.